The number of rotatable bonds is 7. The molecule has 0 saturated heterocycles. The van der Waals surface area contributed by atoms with Gasteiger partial charge in [0.25, 0.3) is 5.91 Å². The van der Waals surface area contributed by atoms with E-state index in [2.05, 4.69) is 34.9 Å². The lowest BCUT2D eigenvalue weighted by Crippen LogP contribution is -2.38. The Labute approximate surface area is 191 Å². The summed E-state index contributed by atoms with van der Waals surface area (Å²) < 4.78 is 5.52. The van der Waals surface area contributed by atoms with Crippen molar-refractivity contribution in [3.8, 4) is 11.1 Å². The van der Waals surface area contributed by atoms with Crippen LogP contribution in [0, 0.1) is 0 Å². The fourth-order valence-electron chi connectivity index (χ4n) is 3.94. The monoisotopic (exact) mass is 444 g/mol. The zero-order chi connectivity index (χ0) is 23.4. The zero-order valence-electron chi connectivity index (χ0n) is 18.1. The second kappa shape index (κ2) is 9.56. The summed E-state index contributed by atoms with van der Waals surface area (Å²) in [6.07, 6.45) is -0.519. The predicted molar refractivity (Wildman–Crippen MR) is 123 cm³/mol. The molecule has 0 aliphatic heterocycles. The molecule has 1 aliphatic carbocycles. The number of carbonyl (C=O) groups is 3. The first-order valence-electron chi connectivity index (χ1n) is 10.7. The van der Waals surface area contributed by atoms with Crippen molar-refractivity contribution in [2.24, 2.45) is 0 Å². The van der Waals surface area contributed by atoms with E-state index in [1.54, 1.807) is 24.3 Å². The Morgan fingerprint density at radius 2 is 1.48 bits per heavy atom. The van der Waals surface area contributed by atoms with Crippen molar-refractivity contribution in [1.82, 2.24) is 10.6 Å². The number of alkyl carbamates (subject to hydrolysis) is 1. The second-order valence-electron chi connectivity index (χ2n) is 7.91. The minimum atomic E-state index is -1.10. The molecule has 3 aromatic carbocycles. The van der Waals surface area contributed by atoms with Crippen LogP contribution in [-0.2, 0) is 16.1 Å². The van der Waals surface area contributed by atoms with Gasteiger partial charge >= 0.3 is 12.1 Å². The van der Waals surface area contributed by atoms with Gasteiger partial charge in [0.2, 0.25) is 0 Å². The van der Waals surface area contributed by atoms with Gasteiger partial charge in [0, 0.05) is 18.0 Å². The Bertz CT molecular complexity index is 1140. The molecule has 0 spiro atoms. The summed E-state index contributed by atoms with van der Waals surface area (Å²) in [7, 11) is 0. The topological polar surface area (TPSA) is 105 Å². The molecular formula is C26H24N2O5. The number of ether oxygens (including phenoxy) is 1. The smallest absolute Gasteiger partial charge is 0.407 e. The van der Waals surface area contributed by atoms with Gasteiger partial charge in [-0.05, 0) is 46.9 Å². The minimum Gasteiger partial charge on any atom is -0.480 e. The summed E-state index contributed by atoms with van der Waals surface area (Å²) in [5.74, 6) is -1.58. The molecule has 168 valence electrons. The van der Waals surface area contributed by atoms with Gasteiger partial charge in [-0.15, -0.1) is 0 Å². The van der Waals surface area contributed by atoms with Crippen molar-refractivity contribution in [2.75, 3.05) is 6.61 Å². The van der Waals surface area contributed by atoms with Crippen LogP contribution >= 0.6 is 0 Å². The molecule has 1 aliphatic rings. The third kappa shape index (κ3) is 4.87. The van der Waals surface area contributed by atoms with Gasteiger partial charge in [0.05, 0.1) is 0 Å². The Kier molecular flexibility index (Phi) is 6.40. The van der Waals surface area contributed by atoms with Crippen LogP contribution in [0.3, 0.4) is 0 Å². The average molecular weight is 444 g/mol. The van der Waals surface area contributed by atoms with Gasteiger partial charge in [-0.1, -0.05) is 60.7 Å². The maximum Gasteiger partial charge on any atom is 0.407 e. The maximum absolute atomic E-state index is 12.3. The van der Waals surface area contributed by atoms with E-state index in [1.807, 2.05) is 24.3 Å². The summed E-state index contributed by atoms with van der Waals surface area (Å²) in [6, 6.07) is 21.9. The molecule has 33 heavy (non-hydrogen) atoms. The number of nitrogens with one attached hydrogen (secondary N) is 2. The van der Waals surface area contributed by atoms with Crippen LogP contribution in [0.15, 0.2) is 72.8 Å². The Hall–Kier alpha value is -4.13. The van der Waals surface area contributed by atoms with E-state index < -0.39 is 24.0 Å². The van der Waals surface area contributed by atoms with E-state index in [4.69, 9.17) is 9.84 Å². The molecule has 0 radical (unpaired) electrons. The highest BCUT2D eigenvalue weighted by molar-refractivity contribution is 5.96. The number of carboxylic acid groups (broad SMARTS) is 1. The Morgan fingerprint density at radius 3 is 2.06 bits per heavy atom. The molecule has 1 atom stereocenters. The normalized spacial score (nSPS) is 12.9. The quantitative estimate of drug-likeness (QED) is 0.512. The van der Waals surface area contributed by atoms with E-state index in [-0.39, 0.29) is 19.1 Å². The number of carboxylic acids is 1. The van der Waals surface area contributed by atoms with Gasteiger partial charge in [0.15, 0.2) is 0 Å². The zero-order valence-corrected chi connectivity index (χ0v) is 18.1. The van der Waals surface area contributed by atoms with Gasteiger partial charge in [-0.3, -0.25) is 9.59 Å². The highest BCUT2D eigenvalue weighted by Gasteiger charge is 2.28. The first kappa shape index (κ1) is 22.1. The van der Waals surface area contributed by atoms with E-state index in [9.17, 15) is 14.4 Å². The first-order valence-corrected chi connectivity index (χ1v) is 10.7. The molecule has 3 N–H and O–H groups in total. The molecule has 1 unspecified atom stereocenters. The van der Waals surface area contributed by atoms with Crippen LogP contribution in [-0.4, -0.2) is 35.7 Å². The van der Waals surface area contributed by atoms with Crippen LogP contribution < -0.4 is 10.6 Å². The Balaban J connectivity index is 1.31. The highest BCUT2D eigenvalue weighted by atomic mass is 16.5. The molecule has 0 saturated carbocycles. The summed E-state index contributed by atoms with van der Waals surface area (Å²) in [5, 5.41) is 14.0. The van der Waals surface area contributed by atoms with Gasteiger partial charge in [-0.25, -0.2) is 4.79 Å². The molecule has 4 rings (SSSR count). The molecular weight excluding hydrogens is 420 g/mol. The van der Waals surface area contributed by atoms with Crippen LogP contribution in [0.25, 0.3) is 11.1 Å². The molecule has 2 amide bonds. The molecule has 0 aromatic heterocycles. The van der Waals surface area contributed by atoms with E-state index in [0.29, 0.717) is 5.56 Å². The lowest BCUT2D eigenvalue weighted by Gasteiger charge is -2.14. The van der Waals surface area contributed by atoms with Crippen LogP contribution in [0.5, 0.6) is 0 Å². The standard InChI is InChI=1S/C26H24N2O5/c1-16(25(30)31)28-24(29)18-12-10-17(11-13-18)14-27-26(32)33-15-23-21-8-4-2-6-19(21)20-7-3-5-9-22(20)23/h2-13,16,23H,14-15H2,1H3,(H,27,32)(H,28,29)(H,30,31). The molecule has 0 heterocycles. The van der Waals surface area contributed by atoms with Crippen molar-refractivity contribution in [3.05, 3.63) is 95.1 Å². The third-order valence-electron chi connectivity index (χ3n) is 5.71. The maximum atomic E-state index is 12.3. The van der Waals surface area contributed by atoms with Crippen molar-refractivity contribution < 1.29 is 24.2 Å². The predicted octanol–water partition coefficient (Wildman–Crippen LogP) is 3.93. The van der Waals surface area contributed by atoms with Gasteiger partial charge in [0.1, 0.15) is 12.6 Å². The van der Waals surface area contributed by atoms with Crippen molar-refractivity contribution >= 4 is 18.0 Å². The van der Waals surface area contributed by atoms with Crippen LogP contribution in [0.1, 0.15) is 39.9 Å². The van der Waals surface area contributed by atoms with E-state index in [1.165, 1.54) is 18.1 Å². The molecule has 0 bridgehead atoms. The number of hydrogen-bond acceptors (Lipinski definition) is 4. The second-order valence-corrected chi connectivity index (χ2v) is 7.91. The molecule has 7 nitrogen and oxygen atoms in total. The number of amides is 2. The number of aliphatic carboxylic acids is 1. The van der Waals surface area contributed by atoms with E-state index >= 15 is 0 Å². The SMILES string of the molecule is CC(NC(=O)c1ccc(CNC(=O)OCC2c3ccccc3-c3ccccc32)cc1)C(=O)O. The fraction of sp³-hybridized carbons (Fsp3) is 0.192. The van der Waals surface area contributed by atoms with Crippen LogP contribution in [0.4, 0.5) is 4.79 Å². The summed E-state index contributed by atoms with van der Waals surface area (Å²) in [5.41, 5.74) is 5.77. The summed E-state index contributed by atoms with van der Waals surface area (Å²) in [6.45, 7) is 1.87. The molecule has 7 heteroatoms. The average Bonchev–Trinajstić information content (AvgIpc) is 3.15. The lowest BCUT2D eigenvalue weighted by atomic mass is 9.98. The highest BCUT2D eigenvalue weighted by Crippen LogP contribution is 2.44. The number of hydrogen-bond donors (Lipinski definition) is 3. The minimum absolute atomic E-state index is 0.00543. The van der Waals surface area contributed by atoms with E-state index in [0.717, 1.165) is 16.7 Å². The van der Waals surface area contributed by atoms with Crippen LogP contribution in [0.2, 0.25) is 0 Å². The number of carbonyl (C=O) groups excluding carboxylic acids is 2. The molecule has 3 aromatic rings. The van der Waals surface area contributed by atoms with Gasteiger partial charge in [-0.2, -0.15) is 0 Å². The van der Waals surface area contributed by atoms with Gasteiger partial charge < -0.3 is 20.5 Å². The molecule has 0 fully saturated rings. The number of fused-ring (bicyclic) bond motifs is 3. The Morgan fingerprint density at radius 1 is 0.909 bits per heavy atom. The largest absolute Gasteiger partial charge is 0.480 e. The fourth-order valence-corrected chi connectivity index (χ4v) is 3.94. The summed E-state index contributed by atoms with van der Waals surface area (Å²) in [4.78, 5) is 35.2. The van der Waals surface area contributed by atoms with Crippen molar-refractivity contribution in [3.63, 3.8) is 0 Å². The summed E-state index contributed by atoms with van der Waals surface area (Å²) >= 11 is 0. The number of benzene rings is 3. The van der Waals surface area contributed by atoms with Crippen molar-refractivity contribution in [1.29, 1.82) is 0 Å². The van der Waals surface area contributed by atoms with Crippen molar-refractivity contribution in [2.45, 2.75) is 25.4 Å². The third-order valence-corrected chi connectivity index (χ3v) is 5.71. The first-order chi connectivity index (χ1) is 15.9. The lowest BCUT2D eigenvalue weighted by molar-refractivity contribution is -0.138.